The van der Waals surface area contributed by atoms with Crippen LogP contribution in [0.15, 0.2) is 10.5 Å². The summed E-state index contributed by atoms with van der Waals surface area (Å²) in [6.45, 7) is 0.981. The molecule has 1 heterocycles. The largest absolute Gasteiger partial charge is 0.495 e. The summed E-state index contributed by atoms with van der Waals surface area (Å²) in [5, 5.41) is 0. The molecule has 0 amide bonds. The van der Waals surface area contributed by atoms with Gasteiger partial charge in [-0.15, -0.1) is 0 Å². The number of methoxy groups -OCH3 is 1. The predicted molar refractivity (Wildman–Crippen MR) is 68.8 cm³/mol. The first kappa shape index (κ1) is 12.5. The maximum Gasteiger partial charge on any atom is 0.231 e. The summed E-state index contributed by atoms with van der Waals surface area (Å²) in [6, 6.07) is 1.88. The first-order valence-corrected chi connectivity index (χ1v) is 6.42. The maximum absolute atomic E-state index is 5.51. The molecule has 0 spiro atoms. The van der Waals surface area contributed by atoms with Gasteiger partial charge in [-0.3, -0.25) is 0 Å². The zero-order valence-corrected chi connectivity index (χ0v) is 11.4. The smallest absolute Gasteiger partial charge is 0.231 e. The molecule has 0 bridgehead atoms. The number of rotatable bonds is 5. The molecule has 2 N–H and O–H groups in total. The Bertz CT molecular complexity index is 405. The summed E-state index contributed by atoms with van der Waals surface area (Å²) < 4.78 is 17.2. The molecule has 0 saturated carbocycles. The molecule has 5 heteroatoms. The van der Waals surface area contributed by atoms with Crippen LogP contribution in [0, 0.1) is 0 Å². The van der Waals surface area contributed by atoms with Crippen molar-refractivity contribution in [2.75, 3.05) is 20.4 Å². The first-order chi connectivity index (χ1) is 8.27. The molecule has 94 valence electrons. The molecule has 17 heavy (non-hydrogen) atoms. The topological polar surface area (TPSA) is 53.7 Å². The fourth-order valence-corrected chi connectivity index (χ4v) is 2.56. The van der Waals surface area contributed by atoms with Crippen LogP contribution in [0.4, 0.5) is 0 Å². The molecule has 4 nitrogen and oxygen atoms in total. The number of fused-ring (bicyclic) bond motifs is 1. The van der Waals surface area contributed by atoms with Crippen LogP contribution in [0.3, 0.4) is 0 Å². The van der Waals surface area contributed by atoms with Gasteiger partial charge in [-0.1, -0.05) is 0 Å². The lowest BCUT2D eigenvalue weighted by Crippen LogP contribution is -2.01. The van der Waals surface area contributed by atoms with E-state index in [0.717, 1.165) is 46.5 Å². The normalized spacial score (nSPS) is 12.9. The quantitative estimate of drug-likeness (QED) is 0.849. The van der Waals surface area contributed by atoms with E-state index in [2.05, 4.69) is 15.9 Å². The lowest BCUT2D eigenvalue weighted by molar-refractivity contribution is 0.173. The zero-order valence-electron chi connectivity index (χ0n) is 9.79. The van der Waals surface area contributed by atoms with Crippen molar-refractivity contribution in [2.45, 2.75) is 19.3 Å². The van der Waals surface area contributed by atoms with Crippen molar-refractivity contribution in [3.05, 3.63) is 16.1 Å². The van der Waals surface area contributed by atoms with Gasteiger partial charge < -0.3 is 19.9 Å². The number of unbranched alkanes of at least 4 members (excludes halogenated alkanes) is 1. The van der Waals surface area contributed by atoms with E-state index in [4.69, 9.17) is 19.9 Å². The Morgan fingerprint density at radius 2 is 2.24 bits per heavy atom. The number of hydrogen-bond acceptors (Lipinski definition) is 4. The Morgan fingerprint density at radius 3 is 2.94 bits per heavy atom. The summed E-state index contributed by atoms with van der Waals surface area (Å²) in [5.74, 6) is 2.41. The van der Waals surface area contributed by atoms with E-state index in [1.807, 2.05) is 6.07 Å². The first-order valence-electron chi connectivity index (χ1n) is 5.63. The van der Waals surface area contributed by atoms with Crippen LogP contribution in [-0.4, -0.2) is 20.4 Å². The van der Waals surface area contributed by atoms with Crippen LogP contribution in [0.25, 0.3) is 0 Å². The fraction of sp³-hybridized carbons (Fsp3) is 0.500. The SMILES string of the molecule is COc1c(Br)cc2c(c1CCCCN)OCO2. The Labute approximate surface area is 109 Å². The molecule has 0 aromatic heterocycles. The van der Waals surface area contributed by atoms with Gasteiger partial charge in [0, 0.05) is 11.6 Å². The second kappa shape index (κ2) is 5.60. The van der Waals surface area contributed by atoms with Gasteiger partial charge in [0.05, 0.1) is 11.6 Å². The predicted octanol–water partition coefficient (Wildman–Crippen LogP) is 2.47. The highest BCUT2D eigenvalue weighted by atomic mass is 79.9. The van der Waals surface area contributed by atoms with E-state index < -0.39 is 0 Å². The van der Waals surface area contributed by atoms with E-state index in [1.54, 1.807) is 7.11 Å². The molecule has 1 aromatic carbocycles. The molecular formula is C12H16BrNO3. The van der Waals surface area contributed by atoms with Crippen LogP contribution in [0.5, 0.6) is 17.2 Å². The van der Waals surface area contributed by atoms with E-state index in [0.29, 0.717) is 6.54 Å². The number of benzene rings is 1. The third kappa shape index (κ3) is 2.50. The Morgan fingerprint density at radius 1 is 1.41 bits per heavy atom. The summed E-state index contributed by atoms with van der Waals surface area (Å²) in [4.78, 5) is 0. The minimum absolute atomic E-state index is 0.277. The van der Waals surface area contributed by atoms with Crippen LogP contribution in [-0.2, 0) is 6.42 Å². The number of hydrogen-bond donors (Lipinski definition) is 1. The maximum atomic E-state index is 5.51. The molecule has 0 atom stereocenters. The molecular weight excluding hydrogens is 286 g/mol. The third-order valence-electron chi connectivity index (χ3n) is 2.75. The summed E-state index contributed by atoms with van der Waals surface area (Å²) in [5.41, 5.74) is 6.57. The molecule has 1 aliphatic rings. The highest BCUT2D eigenvalue weighted by Gasteiger charge is 2.23. The van der Waals surface area contributed by atoms with Gasteiger partial charge in [0.25, 0.3) is 0 Å². The van der Waals surface area contributed by atoms with E-state index in [1.165, 1.54) is 0 Å². The van der Waals surface area contributed by atoms with Gasteiger partial charge >= 0.3 is 0 Å². The molecule has 0 fully saturated rings. The molecule has 1 aliphatic heterocycles. The van der Waals surface area contributed by atoms with Crippen LogP contribution in [0.2, 0.25) is 0 Å². The van der Waals surface area contributed by atoms with Gasteiger partial charge in [0.15, 0.2) is 11.5 Å². The van der Waals surface area contributed by atoms with Crippen molar-refractivity contribution in [1.82, 2.24) is 0 Å². The zero-order chi connectivity index (χ0) is 12.3. The monoisotopic (exact) mass is 301 g/mol. The molecule has 1 aromatic rings. The summed E-state index contributed by atoms with van der Waals surface area (Å²) in [7, 11) is 1.66. The highest BCUT2D eigenvalue weighted by molar-refractivity contribution is 9.10. The van der Waals surface area contributed by atoms with Crippen molar-refractivity contribution in [3.8, 4) is 17.2 Å². The lowest BCUT2D eigenvalue weighted by atomic mass is 10.1. The standard InChI is InChI=1S/C12H16BrNO3/c1-15-11-8(4-2-3-5-14)12-10(6-9(11)13)16-7-17-12/h6H,2-5,7,14H2,1H3. The van der Waals surface area contributed by atoms with Crippen molar-refractivity contribution < 1.29 is 14.2 Å². The molecule has 0 unspecified atom stereocenters. The fourth-order valence-electron chi connectivity index (χ4n) is 1.95. The Balaban J connectivity index is 2.32. The average molecular weight is 302 g/mol. The third-order valence-corrected chi connectivity index (χ3v) is 3.34. The van der Waals surface area contributed by atoms with Gasteiger partial charge in [-0.25, -0.2) is 0 Å². The second-order valence-corrected chi connectivity index (χ2v) is 4.70. The van der Waals surface area contributed by atoms with Crippen LogP contribution >= 0.6 is 15.9 Å². The minimum atomic E-state index is 0.277. The van der Waals surface area contributed by atoms with Gasteiger partial charge in [-0.2, -0.15) is 0 Å². The van der Waals surface area contributed by atoms with E-state index >= 15 is 0 Å². The molecule has 0 saturated heterocycles. The second-order valence-electron chi connectivity index (χ2n) is 3.85. The van der Waals surface area contributed by atoms with Crippen LogP contribution in [0.1, 0.15) is 18.4 Å². The lowest BCUT2D eigenvalue weighted by Gasteiger charge is -2.13. The Kier molecular flexibility index (Phi) is 4.12. The van der Waals surface area contributed by atoms with Crippen molar-refractivity contribution >= 4 is 15.9 Å². The van der Waals surface area contributed by atoms with Gasteiger partial charge in [0.2, 0.25) is 6.79 Å². The van der Waals surface area contributed by atoms with Gasteiger partial charge in [0.1, 0.15) is 5.75 Å². The minimum Gasteiger partial charge on any atom is -0.495 e. The molecule has 0 radical (unpaired) electrons. The van der Waals surface area contributed by atoms with Crippen LogP contribution < -0.4 is 19.9 Å². The highest BCUT2D eigenvalue weighted by Crippen LogP contribution is 2.45. The number of ether oxygens (including phenoxy) is 3. The van der Waals surface area contributed by atoms with E-state index in [-0.39, 0.29) is 6.79 Å². The van der Waals surface area contributed by atoms with Crippen molar-refractivity contribution in [1.29, 1.82) is 0 Å². The number of nitrogens with two attached hydrogens (primary N) is 1. The molecule has 0 aliphatic carbocycles. The van der Waals surface area contributed by atoms with Crippen molar-refractivity contribution in [3.63, 3.8) is 0 Å². The molecule has 2 rings (SSSR count). The Hall–Kier alpha value is -0.940. The summed E-state index contributed by atoms with van der Waals surface area (Å²) >= 11 is 3.48. The van der Waals surface area contributed by atoms with Crippen molar-refractivity contribution in [2.24, 2.45) is 5.73 Å². The number of halogens is 1. The van der Waals surface area contributed by atoms with E-state index in [9.17, 15) is 0 Å². The summed E-state index contributed by atoms with van der Waals surface area (Å²) in [6.07, 6.45) is 2.88. The average Bonchev–Trinajstić information content (AvgIpc) is 2.76. The van der Waals surface area contributed by atoms with Gasteiger partial charge in [-0.05, 0) is 41.7 Å².